The molecule has 0 aromatic heterocycles. The number of carbonyl (C=O) groups is 3. The van der Waals surface area contributed by atoms with Crippen molar-refractivity contribution in [1.29, 1.82) is 0 Å². The molecule has 0 saturated heterocycles. The van der Waals surface area contributed by atoms with Gasteiger partial charge in [0.25, 0.3) is 0 Å². The van der Waals surface area contributed by atoms with Crippen molar-refractivity contribution in [3.63, 3.8) is 0 Å². The number of hydrazine groups is 1. The molecule has 25 heavy (non-hydrogen) atoms. The lowest BCUT2D eigenvalue weighted by atomic mass is 10.1. The smallest absolute Gasteiger partial charge is 0.337 e. The third-order valence-corrected chi connectivity index (χ3v) is 3.75. The fraction of sp³-hybridized carbons (Fsp3) is 0.500. The van der Waals surface area contributed by atoms with Gasteiger partial charge in [-0.1, -0.05) is 43.9 Å². The Balaban J connectivity index is 2.04. The van der Waals surface area contributed by atoms with Crippen LogP contribution in [0.1, 0.15) is 56.9 Å². The van der Waals surface area contributed by atoms with Gasteiger partial charge in [-0.05, 0) is 31.4 Å². The lowest BCUT2D eigenvalue weighted by Gasteiger charge is -2.10. The number of para-hydroxylation sites is 1. The average molecular weight is 349 g/mol. The molecule has 0 aliphatic rings. The summed E-state index contributed by atoms with van der Waals surface area (Å²) in [5, 5.41) is 11.2. The molecule has 0 saturated carbocycles. The minimum Gasteiger partial charge on any atom is -0.481 e. The first kappa shape index (κ1) is 20.5. The van der Waals surface area contributed by atoms with Gasteiger partial charge in [-0.25, -0.2) is 10.2 Å². The summed E-state index contributed by atoms with van der Waals surface area (Å²) >= 11 is 0. The van der Waals surface area contributed by atoms with Crippen LogP contribution in [0.4, 0.5) is 10.5 Å². The highest BCUT2D eigenvalue weighted by Gasteiger charge is 2.06. The van der Waals surface area contributed by atoms with Crippen LogP contribution >= 0.6 is 0 Å². The van der Waals surface area contributed by atoms with Crippen molar-refractivity contribution in [1.82, 2.24) is 10.9 Å². The van der Waals surface area contributed by atoms with Gasteiger partial charge in [0.2, 0.25) is 5.91 Å². The molecule has 0 bridgehead atoms. The van der Waals surface area contributed by atoms with Crippen molar-refractivity contribution in [2.24, 2.45) is 0 Å². The highest BCUT2D eigenvalue weighted by atomic mass is 16.4. The van der Waals surface area contributed by atoms with Crippen LogP contribution in [-0.2, 0) is 9.59 Å². The number of benzene rings is 1. The van der Waals surface area contributed by atoms with Crippen molar-refractivity contribution in [2.45, 2.75) is 58.3 Å². The highest BCUT2D eigenvalue weighted by molar-refractivity contribution is 5.91. The standard InChI is InChI=1S/C18H27N3O4/c1-14-10-8-9-11-15(14)19-18(25)21-20-16(22)12-6-4-2-3-5-7-13-17(23)24/h8-11H,2-7,12-13H2,1H3,(H,20,22)(H,23,24)(H2,19,21,25). The zero-order chi connectivity index (χ0) is 18.5. The Hall–Kier alpha value is -2.57. The number of amides is 3. The van der Waals surface area contributed by atoms with Gasteiger partial charge in [-0.2, -0.15) is 0 Å². The van der Waals surface area contributed by atoms with E-state index in [0.717, 1.165) is 37.7 Å². The number of rotatable bonds is 10. The first-order valence-corrected chi connectivity index (χ1v) is 8.62. The van der Waals surface area contributed by atoms with E-state index < -0.39 is 12.0 Å². The molecule has 0 atom stereocenters. The first-order valence-electron chi connectivity index (χ1n) is 8.62. The number of aryl methyl sites for hydroxylation is 1. The average Bonchev–Trinajstić information content (AvgIpc) is 2.57. The molecule has 7 nitrogen and oxygen atoms in total. The molecule has 0 unspecified atom stereocenters. The maximum Gasteiger partial charge on any atom is 0.337 e. The molecular formula is C18H27N3O4. The largest absolute Gasteiger partial charge is 0.481 e. The van der Waals surface area contributed by atoms with Gasteiger partial charge < -0.3 is 10.4 Å². The predicted molar refractivity (Wildman–Crippen MR) is 96.0 cm³/mol. The van der Waals surface area contributed by atoms with E-state index in [1.165, 1.54) is 0 Å². The van der Waals surface area contributed by atoms with E-state index in [1.54, 1.807) is 6.07 Å². The molecule has 0 aliphatic heterocycles. The molecule has 0 aliphatic carbocycles. The normalized spacial score (nSPS) is 10.1. The van der Waals surface area contributed by atoms with Gasteiger partial charge in [0.05, 0.1) is 0 Å². The molecule has 0 fully saturated rings. The summed E-state index contributed by atoms with van der Waals surface area (Å²) in [6.45, 7) is 1.88. The maximum absolute atomic E-state index is 11.7. The van der Waals surface area contributed by atoms with E-state index in [9.17, 15) is 14.4 Å². The van der Waals surface area contributed by atoms with Crippen LogP contribution in [0, 0.1) is 6.92 Å². The molecule has 0 radical (unpaired) electrons. The zero-order valence-electron chi connectivity index (χ0n) is 14.6. The third-order valence-electron chi connectivity index (χ3n) is 3.75. The molecule has 138 valence electrons. The second kappa shape index (κ2) is 11.9. The Labute approximate surface area is 148 Å². The summed E-state index contributed by atoms with van der Waals surface area (Å²) in [4.78, 5) is 33.7. The van der Waals surface area contributed by atoms with Crippen molar-refractivity contribution >= 4 is 23.6 Å². The van der Waals surface area contributed by atoms with Gasteiger partial charge in [-0.3, -0.25) is 15.0 Å². The van der Waals surface area contributed by atoms with Crippen molar-refractivity contribution in [2.75, 3.05) is 5.32 Å². The summed E-state index contributed by atoms with van der Waals surface area (Å²) < 4.78 is 0. The monoisotopic (exact) mass is 349 g/mol. The van der Waals surface area contributed by atoms with Gasteiger partial charge >= 0.3 is 12.0 Å². The number of hydrogen-bond acceptors (Lipinski definition) is 3. The number of anilines is 1. The fourth-order valence-electron chi connectivity index (χ4n) is 2.32. The second-order valence-corrected chi connectivity index (χ2v) is 5.96. The lowest BCUT2D eigenvalue weighted by Crippen LogP contribution is -2.43. The van der Waals surface area contributed by atoms with Crippen molar-refractivity contribution in [3.05, 3.63) is 29.8 Å². The molecule has 3 amide bonds. The van der Waals surface area contributed by atoms with Crippen molar-refractivity contribution < 1.29 is 19.5 Å². The van der Waals surface area contributed by atoms with Gasteiger partial charge in [0.1, 0.15) is 0 Å². The van der Waals surface area contributed by atoms with E-state index in [0.29, 0.717) is 18.5 Å². The highest BCUT2D eigenvalue weighted by Crippen LogP contribution is 2.12. The fourth-order valence-corrected chi connectivity index (χ4v) is 2.32. The van der Waals surface area contributed by atoms with Gasteiger partial charge in [0, 0.05) is 18.5 Å². The van der Waals surface area contributed by atoms with Gasteiger partial charge in [-0.15, -0.1) is 0 Å². The molecule has 0 heterocycles. The molecule has 4 N–H and O–H groups in total. The van der Waals surface area contributed by atoms with E-state index in [1.807, 2.05) is 25.1 Å². The number of nitrogens with one attached hydrogen (secondary N) is 3. The molecule has 0 spiro atoms. The van der Waals surface area contributed by atoms with Crippen LogP contribution in [0.3, 0.4) is 0 Å². The quantitative estimate of drug-likeness (QED) is 0.384. The van der Waals surface area contributed by atoms with Gasteiger partial charge in [0.15, 0.2) is 0 Å². The molecule has 1 aromatic carbocycles. The summed E-state index contributed by atoms with van der Waals surface area (Å²) in [7, 11) is 0. The van der Waals surface area contributed by atoms with Crippen LogP contribution in [0.2, 0.25) is 0 Å². The third kappa shape index (κ3) is 10.0. The zero-order valence-corrected chi connectivity index (χ0v) is 14.6. The summed E-state index contributed by atoms with van der Waals surface area (Å²) in [5.41, 5.74) is 6.34. The topological polar surface area (TPSA) is 108 Å². The van der Waals surface area contributed by atoms with E-state index in [-0.39, 0.29) is 12.3 Å². The maximum atomic E-state index is 11.7. The Kier molecular flexibility index (Phi) is 9.74. The molecular weight excluding hydrogens is 322 g/mol. The Morgan fingerprint density at radius 3 is 2.12 bits per heavy atom. The van der Waals surface area contributed by atoms with E-state index >= 15 is 0 Å². The van der Waals surface area contributed by atoms with Crippen LogP contribution in [0.5, 0.6) is 0 Å². The van der Waals surface area contributed by atoms with Crippen molar-refractivity contribution in [3.8, 4) is 0 Å². The molecule has 1 aromatic rings. The number of carboxylic acids is 1. The number of aliphatic carboxylic acids is 1. The number of urea groups is 1. The number of carbonyl (C=O) groups excluding carboxylic acids is 2. The molecule has 7 heteroatoms. The summed E-state index contributed by atoms with van der Waals surface area (Å²) in [6, 6.07) is 6.89. The van der Waals surface area contributed by atoms with E-state index in [4.69, 9.17) is 5.11 Å². The minimum atomic E-state index is -0.754. The second-order valence-electron chi connectivity index (χ2n) is 5.96. The van der Waals surface area contributed by atoms with Crippen LogP contribution in [0.25, 0.3) is 0 Å². The van der Waals surface area contributed by atoms with Crippen LogP contribution in [0.15, 0.2) is 24.3 Å². The molecule has 1 rings (SSSR count). The lowest BCUT2D eigenvalue weighted by molar-refractivity contribution is -0.137. The predicted octanol–water partition coefficient (Wildman–Crippen LogP) is 3.35. The summed E-state index contributed by atoms with van der Waals surface area (Å²) in [5.74, 6) is -0.985. The number of hydrogen-bond donors (Lipinski definition) is 4. The van der Waals surface area contributed by atoms with Crippen LogP contribution in [-0.4, -0.2) is 23.0 Å². The van der Waals surface area contributed by atoms with Crippen LogP contribution < -0.4 is 16.2 Å². The number of unbranched alkanes of at least 4 members (excludes halogenated alkanes) is 5. The SMILES string of the molecule is Cc1ccccc1NC(=O)NNC(=O)CCCCCCCCC(=O)O. The van der Waals surface area contributed by atoms with E-state index in [2.05, 4.69) is 16.2 Å². The Morgan fingerprint density at radius 2 is 1.48 bits per heavy atom. The minimum absolute atomic E-state index is 0.221. The number of carboxylic acid groups (broad SMARTS) is 1. The Bertz CT molecular complexity index is 575. The summed E-state index contributed by atoms with van der Waals surface area (Å²) in [6.07, 6.45) is 5.79. The first-order chi connectivity index (χ1) is 12.0. The Morgan fingerprint density at radius 1 is 0.880 bits per heavy atom.